The van der Waals surface area contributed by atoms with E-state index in [1.54, 1.807) is 0 Å². The van der Waals surface area contributed by atoms with E-state index >= 15 is 0 Å². The van der Waals surface area contributed by atoms with E-state index in [1.807, 2.05) is 46.8 Å². The van der Waals surface area contributed by atoms with Crippen molar-refractivity contribution in [2.24, 2.45) is 11.1 Å². The molecule has 2 rings (SSSR count). The maximum absolute atomic E-state index is 12.6. The van der Waals surface area contributed by atoms with Gasteiger partial charge in [0, 0.05) is 18.4 Å². The molecule has 1 amide bonds. The molecule has 1 atom stereocenters. The Kier molecular flexibility index (Phi) is 6.06. The molecule has 0 aliphatic carbocycles. The summed E-state index contributed by atoms with van der Waals surface area (Å²) >= 11 is 0. The zero-order valence-electron chi connectivity index (χ0n) is 16.7. The molecule has 0 spiro atoms. The number of anilines is 1. The quantitative estimate of drug-likeness (QED) is 0.756. The molecule has 2 aromatic rings. The van der Waals surface area contributed by atoms with Gasteiger partial charge in [-0.25, -0.2) is 0 Å². The molecule has 4 nitrogen and oxygen atoms in total. The molecule has 152 valence electrons. The summed E-state index contributed by atoms with van der Waals surface area (Å²) in [4.78, 5) is 15.5. The Morgan fingerprint density at radius 3 is 2.11 bits per heavy atom. The number of pyridine rings is 1. The Morgan fingerprint density at radius 1 is 1.14 bits per heavy atom. The van der Waals surface area contributed by atoms with E-state index in [1.165, 1.54) is 12.3 Å². The normalized spacial score (nSPS) is 13.3. The van der Waals surface area contributed by atoms with Crippen molar-refractivity contribution >= 4 is 11.6 Å². The van der Waals surface area contributed by atoms with E-state index in [2.05, 4.69) is 10.3 Å². The molecule has 7 heteroatoms. The van der Waals surface area contributed by atoms with Crippen LogP contribution >= 0.6 is 0 Å². The Hall–Kier alpha value is -2.57. The molecule has 1 aromatic carbocycles. The monoisotopic (exact) mass is 393 g/mol. The van der Waals surface area contributed by atoms with Gasteiger partial charge >= 0.3 is 6.18 Å². The molecule has 3 N–H and O–H groups in total. The number of carbonyl (C=O) groups excluding carboxylic acids is 1. The van der Waals surface area contributed by atoms with Crippen molar-refractivity contribution < 1.29 is 18.0 Å². The molecular formula is C21H26F3N3O. The average molecular weight is 393 g/mol. The van der Waals surface area contributed by atoms with Crippen LogP contribution in [0, 0.1) is 19.3 Å². The lowest BCUT2D eigenvalue weighted by atomic mass is 9.73. The minimum atomic E-state index is -4.44. The predicted octanol–water partition coefficient (Wildman–Crippen LogP) is 4.94. The lowest BCUT2D eigenvalue weighted by molar-refractivity contribution is -0.141. The van der Waals surface area contributed by atoms with Crippen LogP contribution in [0.4, 0.5) is 18.9 Å². The molecule has 1 heterocycles. The fourth-order valence-corrected chi connectivity index (χ4v) is 3.44. The summed E-state index contributed by atoms with van der Waals surface area (Å²) in [5, 5.41) is 3.20. The third-order valence-electron chi connectivity index (χ3n) is 4.64. The third kappa shape index (κ3) is 5.03. The van der Waals surface area contributed by atoms with Gasteiger partial charge in [-0.3, -0.25) is 9.78 Å². The van der Waals surface area contributed by atoms with E-state index in [0.29, 0.717) is 12.1 Å². The first-order chi connectivity index (χ1) is 12.8. The van der Waals surface area contributed by atoms with Gasteiger partial charge in [-0.2, -0.15) is 13.2 Å². The minimum absolute atomic E-state index is 0.317. The summed E-state index contributed by atoms with van der Waals surface area (Å²) in [6, 6.07) is 6.21. The summed E-state index contributed by atoms with van der Waals surface area (Å²) in [7, 11) is 0. The van der Waals surface area contributed by atoms with E-state index < -0.39 is 17.8 Å². The second-order valence-corrected chi connectivity index (χ2v) is 8.13. The number of alkyl halides is 3. The van der Waals surface area contributed by atoms with Crippen LogP contribution in [0.3, 0.4) is 0 Å². The van der Waals surface area contributed by atoms with Crippen LogP contribution < -0.4 is 11.1 Å². The lowest BCUT2D eigenvalue weighted by Gasteiger charge is -2.31. The summed E-state index contributed by atoms with van der Waals surface area (Å²) in [6.45, 7) is 10.1. The van der Waals surface area contributed by atoms with Crippen molar-refractivity contribution in [2.45, 2.75) is 53.3 Å². The van der Waals surface area contributed by atoms with Gasteiger partial charge in [0.1, 0.15) is 5.69 Å². The predicted molar refractivity (Wildman–Crippen MR) is 104 cm³/mol. The summed E-state index contributed by atoms with van der Waals surface area (Å²) in [6.07, 6.45) is -3.23. The minimum Gasteiger partial charge on any atom is -0.381 e. The zero-order valence-corrected chi connectivity index (χ0v) is 16.7. The van der Waals surface area contributed by atoms with E-state index in [-0.39, 0.29) is 11.3 Å². The number of halogens is 3. The fourth-order valence-electron chi connectivity index (χ4n) is 3.44. The van der Waals surface area contributed by atoms with Crippen molar-refractivity contribution in [3.63, 3.8) is 0 Å². The molecule has 0 fully saturated rings. The van der Waals surface area contributed by atoms with Crippen molar-refractivity contribution in [3.8, 4) is 0 Å². The molecule has 0 aliphatic heterocycles. The van der Waals surface area contributed by atoms with Crippen molar-refractivity contribution in [1.29, 1.82) is 0 Å². The standard InChI is InChI=1S/C21H26F3N3O/c1-12-8-15(9-13(2)17(12)18(19(25)28)20(3,4)5)26-10-14-6-7-16(27-11-14)21(22,23)24/h6-9,11,18,26H,10H2,1-5H3,(H2,25,28). The number of benzene rings is 1. The van der Waals surface area contributed by atoms with E-state index in [9.17, 15) is 18.0 Å². The highest BCUT2D eigenvalue weighted by molar-refractivity contribution is 5.84. The number of carbonyl (C=O) groups is 1. The molecule has 0 radical (unpaired) electrons. The number of nitrogens with one attached hydrogen (secondary N) is 1. The largest absolute Gasteiger partial charge is 0.433 e. The first-order valence-corrected chi connectivity index (χ1v) is 8.97. The highest BCUT2D eigenvalue weighted by atomic mass is 19.4. The Bertz CT molecular complexity index is 830. The smallest absolute Gasteiger partial charge is 0.381 e. The number of nitrogens with two attached hydrogens (primary N) is 1. The van der Waals surface area contributed by atoms with Crippen LogP contribution in [-0.2, 0) is 17.5 Å². The van der Waals surface area contributed by atoms with Crippen LogP contribution in [0.1, 0.15) is 54.6 Å². The zero-order chi connectivity index (χ0) is 21.3. The highest BCUT2D eigenvalue weighted by Gasteiger charge is 2.33. The number of amides is 1. The number of aromatic nitrogens is 1. The van der Waals surface area contributed by atoms with Gasteiger partial charge in [0.15, 0.2) is 0 Å². The topological polar surface area (TPSA) is 68.0 Å². The van der Waals surface area contributed by atoms with Crippen LogP contribution in [0.25, 0.3) is 0 Å². The molecule has 1 unspecified atom stereocenters. The third-order valence-corrected chi connectivity index (χ3v) is 4.64. The average Bonchev–Trinajstić information content (AvgIpc) is 2.54. The van der Waals surface area contributed by atoms with E-state index in [0.717, 1.165) is 28.4 Å². The number of rotatable bonds is 5. The molecule has 0 saturated heterocycles. The van der Waals surface area contributed by atoms with Gasteiger partial charge in [-0.15, -0.1) is 0 Å². The summed E-state index contributed by atoms with van der Waals surface area (Å²) in [5.74, 6) is -0.782. The molecular weight excluding hydrogens is 367 g/mol. The number of primary amides is 1. The van der Waals surface area contributed by atoms with Gasteiger partial charge in [0.25, 0.3) is 0 Å². The summed E-state index contributed by atoms with van der Waals surface area (Å²) < 4.78 is 37.8. The number of aryl methyl sites for hydroxylation is 2. The second-order valence-electron chi connectivity index (χ2n) is 8.13. The number of hydrogen-bond acceptors (Lipinski definition) is 3. The fraction of sp³-hybridized carbons (Fsp3) is 0.429. The summed E-state index contributed by atoms with van der Waals surface area (Å²) in [5.41, 5.74) is 8.68. The van der Waals surface area contributed by atoms with Crippen molar-refractivity contribution in [1.82, 2.24) is 4.98 Å². The van der Waals surface area contributed by atoms with Crippen molar-refractivity contribution in [2.75, 3.05) is 5.32 Å². The van der Waals surface area contributed by atoms with Gasteiger partial charge in [-0.1, -0.05) is 26.8 Å². The molecule has 0 bridgehead atoms. The maximum Gasteiger partial charge on any atom is 0.433 e. The second kappa shape index (κ2) is 7.81. The van der Waals surface area contributed by atoms with Crippen LogP contribution in [0.5, 0.6) is 0 Å². The maximum atomic E-state index is 12.6. The molecule has 0 saturated carbocycles. The Labute approximate surface area is 163 Å². The first-order valence-electron chi connectivity index (χ1n) is 8.97. The Balaban J connectivity index is 2.22. The SMILES string of the molecule is Cc1cc(NCc2ccc(C(F)(F)F)nc2)cc(C)c1C(C(N)=O)C(C)(C)C. The van der Waals surface area contributed by atoms with Crippen LogP contribution in [0.2, 0.25) is 0 Å². The lowest BCUT2D eigenvalue weighted by Crippen LogP contribution is -2.33. The molecule has 28 heavy (non-hydrogen) atoms. The van der Waals surface area contributed by atoms with Crippen LogP contribution in [-0.4, -0.2) is 10.9 Å². The van der Waals surface area contributed by atoms with Crippen LogP contribution in [0.15, 0.2) is 30.5 Å². The highest BCUT2D eigenvalue weighted by Crippen LogP contribution is 2.39. The molecule has 1 aromatic heterocycles. The van der Waals surface area contributed by atoms with Gasteiger partial charge < -0.3 is 11.1 Å². The van der Waals surface area contributed by atoms with Gasteiger partial charge in [0.2, 0.25) is 5.91 Å². The Morgan fingerprint density at radius 2 is 1.71 bits per heavy atom. The van der Waals surface area contributed by atoms with E-state index in [4.69, 9.17) is 5.73 Å². The number of hydrogen-bond donors (Lipinski definition) is 2. The molecule has 0 aliphatic rings. The van der Waals surface area contributed by atoms with Gasteiger partial charge in [0.05, 0.1) is 5.92 Å². The number of nitrogens with zero attached hydrogens (tertiary/aromatic N) is 1. The van der Waals surface area contributed by atoms with Gasteiger partial charge in [-0.05, 0) is 59.7 Å². The first kappa shape index (κ1) is 21.7. The van der Waals surface area contributed by atoms with Crippen molar-refractivity contribution in [3.05, 3.63) is 58.4 Å².